The van der Waals surface area contributed by atoms with Gasteiger partial charge in [-0.15, -0.1) is 0 Å². The first kappa shape index (κ1) is 16.2. The Morgan fingerprint density at radius 3 is 2.48 bits per heavy atom. The first-order valence-electron chi connectivity index (χ1n) is 8.91. The number of rotatable bonds is 4. The number of aromatic nitrogens is 1. The number of fused-ring (bicyclic) bond motifs is 1. The van der Waals surface area contributed by atoms with Gasteiger partial charge in [-0.25, -0.2) is 0 Å². The summed E-state index contributed by atoms with van der Waals surface area (Å²) in [5.41, 5.74) is 5.19. The molecule has 3 aromatic rings. The normalized spacial score (nSPS) is 16.9. The molecule has 0 aliphatic carbocycles. The fraction of sp³-hybridized carbons (Fsp3) is 0.333. The van der Waals surface area contributed by atoms with Crippen molar-refractivity contribution in [1.29, 1.82) is 0 Å². The molecule has 2 aromatic carbocycles. The van der Waals surface area contributed by atoms with Gasteiger partial charge in [-0.3, -0.25) is 0 Å². The van der Waals surface area contributed by atoms with Gasteiger partial charge >= 0.3 is 0 Å². The molecule has 4 rings (SSSR count). The van der Waals surface area contributed by atoms with Crippen LogP contribution in [0.25, 0.3) is 10.9 Å². The first-order chi connectivity index (χ1) is 12.3. The molecular formula is C21H25N2O2+. The van der Waals surface area contributed by atoms with E-state index >= 15 is 0 Å². The second-order valence-electron chi connectivity index (χ2n) is 6.69. The van der Waals surface area contributed by atoms with Crippen LogP contribution in [0.2, 0.25) is 0 Å². The van der Waals surface area contributed by atoms with Crippen LogP contribution in [0.15, 0.2) is 48.5 Å². The van der Waals surface area contributed by atoms with Gasteiger partial charge in [-0.1, -0.05) is 18.2 Å². The van der Waals surface area contributed by atoms with Crippen LogP contribution in [0.1, 0.15) is 22.9 Å². The van der Waals surface area contributed by atoms with Gasteiger partial charge in [0.25, 0.3) is 0 Å². The number of quaternary nitrogens is 1. The molecule has 4 heteroatoms. The van der Waals surface area contributed by atoms with Crippen molar-refractivity contribution < 1.29 is 14.4 Å². The highest BCUT2D eigenvalue weighted by atomic mass is 16.5. The summed E-state index contributed by atoms with van der Waals surface area (Å²) >= 11 is 0. The molecule has 0 bridgehead atoms. The zero-order chi connectivity index (χ0) is 17.2. The minimum Gasteiger partial charge on any atom is -0.497 e. The predicted octanol–water partition coefficient (Wildman–Crippen LogP) is 2.49. The Kier molecular flexibility index (Phi) is 4.47. The predicted molar refractivity (Wildman–Crippen MR) is 99.4 cm³/mol. The quantitative estimate of drug-likeness (QED) is 0.768. The Morgan fingerprint density at radius 2 is 1.76 bits per heavy atom. The van der Waals surface area contributed by atoms with E-state index in [2.05, 4.69) is 60.4 Å². The van der Waals surface area contributed by atoms with Crippen molar-refractivity contribution in [3.8, 4) is 5.75 Å². The summed E-state index contributed by atoms with van der Waals surface area (Å²) < 4.78 is 11.0. The standard InChI is InChI=1S/C21H24N2O2/c1-15-20(18-5-3-4-6-19(18)22-15)21(23-11-13-25-14-12-23)16-7-9-17(24-2)10-8-16/h3-10,21-22H,11-14H2,1-2H3/p+1/t21-/m1/s1. The third-order valence-electron chi connectivity index (χ3n) is 5.22. The van der Waals surface area contributed by atoms with Gasteiger partial charge in [-0.05, 0) is 37.3 Å². The van der Waals surface area contributed by atoms with Gasteiger partial charge in [0.15, 0.2) is 0 Å². The lowest BCUT2D eigenvalue weighted by molar-refractivity contribution is -0.933. The van der Waals surface area contributed by atoms with Crippen LogP contribution < -0.4 is 9.64 Å². The number of H-pyrrole nitrogens is 1. The van der Waals surface area contributed by atoms with Crippen LogP contribution in [0, 0.1) is 6.92 Å². The molecule has 25 heavy (non-hydrogen) atoms. The van der Waals surface area contributed by atoms with Gasteiger partial charge in [0.2, 0.25) is 0 Å². The monoisotopic (exact) mass is 337 g/mol. The zero-order valence-corrected chi connectivity index (χ0v) is 14.8. The molecule has 1 saturated heterocycles. The van der Waals surface area contributed by atoms with Crippen molar-refractivity contribution in [1.82, 2.24) is 4.98 Å². The average molecular weight is 337 g/mol. The molecule has 1 atom stereocenters. The van der Waals surface area contributed by atoms with Crippen molar-refractivity contribution in [3.63, 3.8) is 0 Å². The van der Waals surface area contributed by atoms with Gasteiger partial charge in [0, 0.05) is 27.7 Å². The van der Waals surface area contributed by atoms with E-state index in [0.717, 1.165) is 32.1 Å². The van der Waals surface area contributed by atoms with Gasteiger partial charge < -0.3 is 19.4 Å². The largest absolute Gasteiger partial charge is 0.497 e. The Bertz CT molecular complexity index is 848. The Hall–Kier alpha value is -2.30. The van der Waals surface area contributed by atoms with E-state index in [9.17, 15) is 0 Å². The molecule has 0 saturated carbocycles. The molecule has 130 valence electrons. The fourth-order valence-corrected chi connectivity index (χ4v) is 4.00. The number of hydrogen-bond donors (Lipinski definition) is 2. The van der Waals surface area contributed by atoms with Gasteiger partial charge in [0.05, 0.1) is 20.3 Å². The second-order valence-corrected chi connectivity index (χ2v) is 6.69. The van der Waals surface area contributed by atoms with Crippen molar-refractivity contribution in [2.75, 3.05) is 33.4 Å². The molecule has 4 nitrogen and oxygen atoms in total. The van der Waals surface area contributed by atoms with Crippen molar-refractivity contribution >= 4 is 10.9 Å². The summed E-state index contributed by atoms with van der Waals surface area (Å²) in [6.45, 7) is 5.88. The third-order valence-corrected chi connectivity index (χ3v) is 5.22. The highest BCUT2D eigenvalue weighted by molar-refractivity contribution is 5.85. The van der Waals surface area contributed by atoms with E-state index in [1.165, 1.54) is 27.7 Å². The highest BCUT2D eigenvalue weighted by Crippen LogP contribution is 2.31. The summed E-state index contributed by atoms with van der Waals surface area (Å²) in [4.78, 5) is 5.13. The maximum absolute atomic E-state index is 5.61. The van der Waals surface area contributed by atoms with E-state index in [-0.39, 0.29) is 0 Å². The Balaban J connectivity index is 1.85. The summed E-state index contributed by atoms with van der Waals surface area (Å²) in [5, 5.41) is 1.32. The lowest BCUT2D eigenvalue weighted by Gasteiger charge is -2.32. The average Bonchev–Trinajstić information content (AvgIpc) is 3.00. The molecule has 1 fully saturated rings. The van der Waals surface area contributed by atoms with Crippen molar-refractivity contribution in [2.45, 2.75) is 13.0 Å². The lowest BCUT2D eigenvalue weighted by Crippen LogP contribution is -3.14. The van der Waals surface area contributed by atoms with Crippen molar-refractivity contribution in [3.05, 3.63) is 65.4 Å². The third kappa shape index (κ3) is 3.03. The summed E-state index contributed by atoms with van der Waals surface area (Å²) in [6, 6.07) is 17.4. The zero-order valence-electron chi connectivity index (χ0n) is 14.8. The van der Waals surface area contributed by atoms with E-state index in [0.29, 0.717) is 6.04 Å². The molecule has 0 radical (unpaired) electrons. The van der Waals surface area contributed by atoms with Crippen LogP contribution in [0.3, 0.4) is 0 Å². The minimum absolute atomic E-state index is 0.297. The maximum Gasteiger partial charge on any atom is 0.141 e. The van der Waals surface area contributed by atoms with Gasteiger partial charge in [0.1, 0.15) is 24.9 Å². The number of benzene rings is 2. The molecule has 1 aromatic heterocycles. The molecule has 1 aliphatic rings. The van der Waals surface area contributed by atoms with Crippen LogP contribution in [0.5, 0.6) is 5.75 Å². The topological polar surface area (TPSA) is 38.7 Å². The number of para-hydroxylation sites is 1. The van der Waals surface area contributed by atoms with Crippen LogP contribution >= 0.6 is 0 Å². The van der Waals surface area contributed by atoms with Crippen LogP contribution in [0.4, 0.5) is 0 Å². The maximum atomic E-state index is 5.61. The number of aromatic amines is 1. The number of ether oxygens (including phenoxy) is 2. The minimum atomic E-state index is 0.297. The number of aryl methyl sites for hydroxylation is 1. The number of morpholine rings is 1. The highest BCUT2D eigenvalue weighted by Gasteiger charge is 2.31. The van der Waals surface area contributed by atoms with E-state index in [4.69, 9.17) is 9.47 Å². The summed E-state index contributed by atoms with van der Waals surface area (Å²) in [5.74, 6) is 0.898. The van der Waals surface area contributed by atoms with E-state index in [1.54, 1.807) is 12.0 Å². The molecule has 2 N–H and O–H groups in total. The van der Waals surface area contributed by atoms with E-state index in [1.807, 2.05) is 0 Å². The van der Waals surface area contributed by atoms with Gasteiger partial charge in [-0.2, -0.15) is 0 Å². The Labute approximate surface area is 148 Å². The molecular weight excluding hydrogens is 312 g/mol. The number of methoxy groups -OCH3 is 1. The molecule has 0 amide bonds. The van der Waals surface area contributed by atoms with E-state index < -0.39 is 0 Å². The van der Waals surface area contributed by atoms with Crippen LogP contribution in [-0.2, 0) is 4.74 Å². The summed E-state index contributed by atoms with van der Waals surface area (Å²) in [7, 11) is 1.71. The lowest BCUT2D eigenvalue weighted by atomic mass is 9.94. The van der Waals surface area contributed by atoms with Crippen molar-refractivity contribution in [2.24, 2.45) is 0 Å². The first-order valence-corrected chi connectivity index (χ1v) is 8.91. The molecule has 1 aliphatic heterocycles. The second kappa shape index (κ2) is 6.90. The number of hydrogen-bond acceptors (Lipinski definition) is 2. The Morgan fingerprint density at radius 1 is 1.04 bits per heavy atom. The summed E-state index contributed by atoms with van der Waals surface area (Å²) in [6.07, 6.45) is 0. The molecule has 2 heterocycles. The molecule has 0 unspecified atom stereocenters. The van der Waals surface area contributed by atoms with Crippen LogP contribution in [-0.4, -0.2) is 38.4 Å². The number of nitrogens with one attached hydrogen (secondary N) is 2. The molecule has 0 spiro atoms. The SMILES string of the molecule is COc1ccc([C@H](c2c(C)[nH]c3ccccc23)[NH+]2CCOCC2)cc1. The fourth-order valence-electron chi connectivity index (χ4n) is 4.00. The smallest absolute Gasteiger partial charge is 0.141 e.